The summed E-state index contributed by atoms with van der Waals surface area (Å²) in [6.45, 7) is 6.50. The van der Waals surface area contributed by atoms with E-state index in [1.165, 1.54) is 141 Å². The molecule has 0 aromatic carbocycles. The van der Waals surface area contributed by atoms with E-state index in [9.17, 15) is 14.4 Å². The Balaban J connectivity index is 4.54. The molecule has 6 nitrogen and oxygen atoms in total. The fraction of sp³-hybridized carbons (Fsp3) is 0.698. The maximum absolute atomic E-state index is 12.8. The molecular formula is C63H106O6. The summed E-state index contributed by atoms with van der Waals surface area (Å²) in [5, 5.41) is 0. The van der Waals surface area contributed by atoms with E-state index in [0.29, 0.717) is 25.7 Å². The van der Waals surface area contributed by atoms with Gasteiger partial charge in [-0.1, -0.05) is 246 Å². The van der Waals surface area contributed by atoms with Crippen molar-refractivity contribution in [3.8, 4) is 0 Å². The molecule has 0 heterocycles. The van der Waals surface area contributed by atoms with Gasteiger partial charge in [-0.3, -0.25) is 14.4 Å². The summed E-state index contributed by atoms with van der Waals surface area (Å²) >= 11 is 0. The first-order valence-corrected chi connectivity index (χ1v) is 28.7. The van der Waals surface area contributed by atoms with Crippen LogP contribution in [0.1, 0.15) is 265 Å². The topological polar surface area (TPSA) is 78.9 Å². The molecule has 0 aliphatic carbocycles. The van der Waals surface area contributed by atoms with Crippen molar-refractivity contribution in [2.75, 3.05) is 13.2 Å². The predicted octanol–water partition coefficient (Wildman–Crippen LogP) is 19.3. The molecule has 0 aliphatic heterocycles. The molecule has 6 heteroatoms. The Kier molecular flexibility index (Phi) is 53.9. The van der Waals surface area contributed by atoms with Crippen LogP contribution in [0.3, 0.4) is 0 Å². The summed E-state index contributed by atoms with van der Waals surface area (Å²) in [7, 11) is 0. The molecule has 0 spiro atoms. The maximum Gasteiger partial charge on any atom is 0.306 e. The Morgan fingerprint density at radius 2 is 0.551 bits per heavy atom. The molecular weight excluding hydrogens is 853 g/mol. The van der Waals surface area contributed by atoms with Crippen molar-refractivity contribution in [3.63, 3.8) is 0 Å². The molecule has 0 rings (SSSR count). The lowest BCUT2D eigenvalue weighted by Crippen LogP contribution is -2.30. The molecule has 0 amide bonds. The Morgan fingerprint density at radius 1 is 0.290 bits per heavy atom. The van der Waals surface area contributed by atoms with Crippen LogP contribution >= 0.6 is 0 Å². The van der Waals surface area contributed by atoms with Gasteiger partial charge in [0.25, 0.3) is 0 Å². The second kappa shape index (κ2) is 56.9. The average molecular weight is 960 g/mol. The molecule has 0 saturated carbocycles. The molecule has 69 heavy (non-hydrogen) atoms. The van der Waals surface area contributed by atoms with Crippen LogP contribution in [0.2, 0.25) is 0 Å². The van der Waals surface area contributed by atoms with Gasteiger partial charge >= 0.3 is 17.9 Å². The third-order valence-corrected chi connectivity index (χ3v) is 12.1. The molecule has 0 aromatic rings. The number of rotatable bonds is 51. The van der Waals surface area contributed by atoms with Gasteiger partial charge in [0.1, 0.15) is 13.2 Å². The zero-order chi connectivity index (χ0) is 50.0. The van der Waals surface area contributed by atoms with Crippen molar-refractivity contribution >= 4 is 17.9 Å². The second-order valence-corrected chi connectivity index (χ2v) is 18.8. The van der Waals surface area contributed by atoms with Crippen LogP contribution in [0.25, 0.3) is 0 Å². The summed E-state index contributed by atoms with van der Waals surface area (Å²) in [5.41, 5.74) is 0. The van der Waals surface area contributed by atoms with Gasteiger partial charge in [-0.15, -0.1) is 0 Å². The van der Waals surface area contributed by atoms with Crippen LogP contribution in [0.5, 0.6) is 0 Å². The van der Waals surface area contributed by atoms with Crippen LogP contribution in [-0.2, 0) is 28.6 Å². The number of esters is 3. The van der Waals surface area contributed by atoms with Gasteiger partial charge in [-0.05, 0) is 96.3 Å². The van der Waals surface area contributed by atoms with Crippen LogP contribution in [0, 0.1) is 0 Å². The smallest absolute Gasteiger partial charge is 0.306 e. The molecule has 0 aromatic heterocycles. The van der Waals surface area contributed by atoms with E-state index >= 15 is 0 Å². The Bertz CT molecular complexity index is 1380. The van der Waals surface area contributed by atoms with E-state index in [-0.39, 0.29) is 31.6 Å². The summed E-state index contributed by atoms with van der Waals surface area (Å²) in [6.07, 6.45) is 75.5. The van der Waals surface area contributed by atoms with Gasteiger partial charge in [0, 0.05) is 19.3 Å². The summed E-state index contributed by atoms with van der Waals surface area (Å²) < 4.78 is 16.8. The zero-order valence-corrected chi connectivity index (χ0v) is 45.0. The quantitative estimate of drug-likeness (QED) is 0.0262. The standard InChI is InChI=1S/C63H106O6/c1-4-7-10-13-16-19-22-25-28-30-31-33-36-39-42-45-48-51-54-57-63(66)69-60(58-67-61(64)55-52-49-46-43-40-37-34-27-24-21-18-15-12-9-6-3)59-68-62(65)56-53-50-47-44-41-38-35-32-29-26-23-20-17-14-11-8-5-2/h16,18-19,21,25,27-28,31,33-34,39-40,42-43,48,51,60H,4-15,17,20,22-24,26,29-30,32,35-38,41,44-47,49-50,52-59H2,1-3H3/b19-16-,21-18-,28-25-,33-31-,34-27-,42-39-,43-40-,51-48-/t60-/m1/s1. The van der Waals surface area contributed by atoms with Gasteiger partial charge in [0.2, 0.25) is 0 Å². The van der Waals surface area contributed by atoms with Crippen molar-refractivity contribution in [1.82, 2.24) is 0 Å². The highest BCUT2D eigenvalue weighted by molar-refractivity contribution is 5.71. The van der Waals surface area contributed by atoms with E-state index in [1.807, 2.05) is 6.08 Å². The van der Waals surface area contributed by atoms with Crippen LogP contribution in [0.15, 0.2) is 97.2 Å². The molecule has 0 N–H and O–H groups in total. The molecule has 394 valence electrons. The lowest BCUT2D eigenvalue weighted by Gasteiger charge is -2.18. The van der Waals surface area contributed by atoms with Crippen molar-refractivity contribution in [1.29, 1.82) is 0 Å². The highest BCUT2D eigenvalue weighted by Gasteiger charge is 2.19. The number of allylic oxidation sites excluding steroid dienone is 16. The maximum atomic E-state index is 12.8. The first-order valence-electron chi connectivity index (χ1n) is 28.7. The Hall–Kier alpha value is -3.67. The second-order valence-electron chi connectivity index (χ2n) is 18.8. The fourth-order valence-electron chi connectivity index (χ4n) is 7.73. The highest BCUT2D eigenvalue weighted by Crippen LogP contribution is 2.15. The summed E-state index contributed by atoms with van der Waals surface area (Å²) in [4.78, 5) is 38.1. The Morgan fingerprint density at radius 3 is 0.899 bits per heavy atom. The van der Waals surface area contributed by atoms with Gasteiger partial charge < -0.3 is 14.2 Å². The molecule has 0 radical (unpaired) electrons. The third kappa shape index (κ3) is 55.1. The minimum absolute atomic E-state index is 0.118. The van der Waals surface area contributed by atoms with Gasteiger partial charge in [0.05, 0.1) is 0 Å². The van der Waals surface area contributed by atoms with Gasteiger partial charge in [-0.25, -0.2) is 0 Å². The predicted molar refractivity (Wildman–Crippen MR) is 297 cm³/mol. The largest absolute Gasteiger partial charge is 0.462 e. The van der Waals surface area contributed by atoms with Crippen molar-refractivity contribution in [3.05, 3.63) is 97.2 Å². The minimum Gasteiger partial charge on any atom is -0.462 e. The summed E-state index contributed by atoms with van der Waals surface area (Å²) in [6, 6.07) is 0. The van der Waals surface area contributed by atoms with E-state index in [2.05, 4.69) is 112 Å². The van der Waals surface area contributed by atoms with Crippen molar-refractivity contribution < 1.29 is 28.6 Å². The molecule has 1 atom stereocenters. The number of carbonyl (C=O) groups excluding carboxylic acids is 3. The van der Waals surface area contributed by atoms with Gasteiger partial charge in [0.15, 0.2) is 6.10 Å². The van der Waals surface area contributed by atoms with Crippen molar-refractivity contribution in [2.45, 2.75) is 271 Å². The van der Waals surface area contributed by atoms with Gasteiger partial charge in [-0.2, -0.15) is 0 Å². The van der Waals surface area contributed by atoms with E-state index in [4.69, 9.17) is 14.2 Å². The van der Waals surface area contributed by atoms with Crippen LogP contribution in [-0.4, -0.2) is 37.2 Å². The van der Waals surface area contributed by atoms with Crippen LogP contribution in [0.4, 0.5) is 0 Å². The SMILES string of the molecule is CCCCC/C=C\C/C=C\C/C=C\C/C=C\C/C=C\CCC(=O)O[C@H](COC(=O)CCCC/C=C\C/C=C\C/C=C\CCCCC)COC(=O)CCCCCCCCCCCCCCCCCCC. The first-order chi connectivity index (χ1) is 34.0. The number of hydrogen-bond donors (Lipinski definition) is 0. The van der Waals surface area contributed by atoms with E-state index < -0.39 is 12.1 Å². The normalized spacial score (nSPS) is 12.8. The summed E-state index contributed by atoms with van der Waals surface area (Å²) in [5.74, 6) is -1.04. The van der Waals surface area contributed by atoms with E-state index in [0.717, 1.165) is 70.6 Å². The molecule has 0 aliphatic rings. The fourth-order valence-corrected chi connectivity index (χ4v) is 7.73. The molecule has 0 fully saturated rings. The lowest BCUT2D eigenvalue weighted by molar-refractivity contribution is -0.166. The molecule has 0 saturated heterocycles. The Labute approximate surface area is 426 Å². The number of hydrogen-bond acceptors (Lipinski definition) is 6. The number of ether oxygens (including phenoxy) is 3. The van der Waals surface area contributed by atoms with Crippen LogP contribution < -0.4 is 0 Å². The third-order valence-electron chi connectivity index (χ3n) is 12.1. The first kappa shape index (κ1) is 65.3. The average Bonchev–Trinajstić information content (AvgIpc) is 3.35. The number of unbranched alkanes of at least 4 members (excludes halogenated alkanes) is 24. The van der Waals surface area contributed by atoms with E-state index in [1.54, 1.807) is 0 Å². The lowest BCUT2D eigenvalue weighted by atomic mass is 10.0. The van der Waals surface area contributed by atoms with Crippen molar-refractivity contribution in [2.24, 2.45) is 0 Å². The zero-order valence-electron chi connectivity index (χ0n) is 45.0. The monoisotopic (exact) mass is 959 g/mol. The highest BCUT2D eigenvalue weighted by atomic mass is 16.6. The molecule has 0 bridgehead atoms. The number of carbonyl (C=O) groups is 3. The minimum atomic E-state index is -0.832. The molecule has 0 unspecified atom stereocenters.